The van der Waals surface area contributed by atoms with Crippen molar-refractivity contribution >= 4 is 5.91 Å². The minimum atomic E-state index is -4.34. The highest BCUT2D eigenvalue weighted by atomic mass is 19.4. The molecule has 6 heteroatoms. The van der Waals surface area contributed by atoms with Gasteiger partial charge in [0.05, 0.1) is 6.54 Å². The number of carbonyl (C=O) groups is 1. The summed E-state index contributed by atoms with van der Waals surface area (Å²) in [6.07, 6.45) is -2.04. The Morgan fingerprint density at radius 2 is 1.80 bits per heavy atom. The van der Waals surface area contributed by atoms with Gasteiger partial charge in [0.2, 0.25) is 5.91 Å². The molecule has 0 aliphatic heterocycles. The monoisotopic (exact) mass is 294 g/mol. The maximum atomic E-state index is 12.5. The summed E-state index contributed by atoms with van der Waals surface area (Å²) in [5, 5.41) is 0. The zero-order valence-corrected chi connectivity index (χ0v) is 12.7. The molecular weight excluding hydrogens is 269 g/mol. The summed E-state index contributed by atoms with van der Waals surface area (Å²) in [5.74, 6) is 0.174. The lowest BCUT2D eigenvalue weighted by Gasteiger charge is -2.30. The average Bonchev–Trinajstić information content (AvgIpc) is 3.08. The van der Waals surface area contributed by atoms with Crippen LogP contribution in [0.2, 0.25) is 0 Å². The van der Waals surface area contributed by atoms with E-state index in [1.807, 2.05) is 32.7 Å². The van der Waals surface area contributed by atoms with E-state index >= 15 is 0 Å². The van der Waals surface area contributed by atoms with E-state index in [1.54, 1.807) is 0 Å². The first-order chi connectivity index (χ1) is 9.10. The molecule has 20 heavy (non-hydrogen) atoms. The van der Waals surface area contributed by atoms with Gasteiger partial charge < -0.3 is 4.90 Å². The van der Waals surface area contributed by atoms with Gasteiger partial charge in [-0.3, -0.25) is 9.69 Å². The Bertz CT molecular complexity index is 327. The Balaban J connectivity index is 2.57. The van der Waals surface area contributed by atoms with E-state index in [0.717, 1.165) is 17.7 Å². The third-order valence-corrected chi connectivity index (χ3v) is 3.69. The van der Waals surface area contributed by atoms with Crippen molar-refractivity contribution in [2.45, 2.75) is 45.8 Å². The number of amides is 1. The number of hydrogen-bond donors (Lipinski definition) is 0. The second-order valence-corrected chi connectivity index (χ2v) is 6.28. The molecule has 0 aromatic heterocycles. The Labute approximate surface area is 119 Å². The summed E-state index contributed by atoms with van der Waals surface area (Å²) in [4.78, 5) is 14.9. The fourth-order valence-corrected chi connectivity index (χ4v) is 2.31. The normalized spacial score (nSPS) is 17.6. The van der Waals surface area contributed by atoms with Gasteiger partial charge in [-0.15, -0.1) is 0 Å². The molecule has 1 atom stereocenters. The molecule has 3 nitrogen and oxygen atoms in total. The summed E-state index contributed by atoms with van der Waals surface area (Å²) < 4.78 is 37.6. The Morgan fingerprint density at radius 3 is 2.20 bits per heavy atom. The Morgan fingerprint density at radius 1 is 1.25 bits per heavy atom. The minimum Gasteiger partial charge on any atom is -0.332 e. The number of carbonyl (C=O) groups excluding carboxylic acids is 1. The second-order valence-electron chi connectivity index (χ2n) is 6.28. The number of nitrogens with zero attached hydrogens (tertiary/aromatic N) is 2. The molecule has 1 rings (SSSR count). The molecule has 1 fully saturated rings. The number of likely N-dealkylation sites (N-methyl/N-ethyl adjacent to an activating group) is 1. The molecule has 1 aliphatic carbocycles. The van der Waals surface area contributed by atoms with Gasteiger partial charge in [-0.1, -0.05) is 13.8 Å². The quantitative estimate of drug-likeness (QED) is 0.721. The highest BCUT2D eigenvalue weighted by Crippen LogP contribution is 2.34. The molecule has 118 valence electrons. The predicted octanol–water partition coefficient (Wildman–Crippen LogP) is 2.76. The van der Waals surface area contributed by atoms with Crippen molar-refractivity contribution in [3.63, 3.8) is 0 Å². The van der Waals surface area contributed by atoms with Crippen molar-refractivity contribution in [2.75, 3.05) is 26.7 Å². The van der Waals surface area contributed by atoms with Crippen molar-refractivity contribution in [2.24, 2.45) is 11.8 Å². The van der Waals surface area contributed by atoms with Gasteiger partial charge in [-0.05, 0) is 38.6 Å². The molecule has 1 saturated carbocycles. The van der Waals surface area contributed by atoms with Gasteiger partial charge in [0.1, 0.15) is 6.54 Å². The topological polar surface area (TPSA) is 23.6 Å². The molecule has 0 saturated heterocycles. The number of alkyl halides is 3. The number of rotatable bonds is 7. The summed E-state index contributed by atoms with van der Waals surface area (Å²) in [5.41, 5.74) is 0. The zero-order chi connectivity index (χ0) is 15.5. The molecule has 1 aliphatic rings. The summed E-state index contributed by atoms with van der Waals surface area (Å²) in [7, 11) is 1.81. The maximum absolute atomic E-state index is 12.5. The van der Waals surface area contributed by atoms with Crippen molar-refractivity contribution in [1.82, 2.24) is 9.80 Å². The second kappa shape index (κ2) is 6.78. The first-order valence-corrected chi connectivity index (χ1v) is 7.15. The van der Waals surface area contributed by atoms with Crippen LogP contribution in [0.1, 0.15) is 33.6 Å². The van der Waals surface area contributed by atoms with E-state index in [9.17, 15) is 18.0 Å². The van der Waals surface area contributed by atoms with E-state index in [2.05, 4.69) is 0 Å². The molecule has 0 heterocycles. The van der Waals surface area contributed by atoms with Crippen molar-refractivity contribution in [3.8, 4) is 0 Å². The van der Waals surface area contributed by atoms with Crippen LogP contribution >= 0.6 is 0 Å². The average molecular weight is 294 g/mol. The SMILES string of the molecule is CC(C)CN(CC(F)(F)F)C(=O)CN(C)C(C)C1CC1. The molecule has 0 aromatic carbocycles. The predicted molar refractivity (Wildman–Crippen MR) is 72.3 cm³/mol. The van der Waals surface area contributed by atoms with Crippen LogP contribution in [0.5, 0.6) is 0 Å². The lowest BCUT2D eigenvalue weighted by Crippen LogP contribution is -2.47. The van der Waals surface area contributed by atoms with E-state index in [1.165, 1.54) is 0 Å². The molecule has 0 radical (unpaired) electrons. The molecule has 0 aromatic rings. The highest BCUT2D eigenvalue weighted by molar-refractivity contribution is 5.78. The zero-order valence-electron chi connectivity index (χ0n) is 12.7. The van der Waals surface area contributed by atoms with Gasteiger partial charge in [0.25, 0.3) is 0 Å². The lowest BCUT2D eigenvalue weighted by molar-refractivity contribution is -0.162. The van der Waals surface area contributed by atoms with Gasteiger partial charge in [0.15, 0.2) is 0 Å². The summed E-state index contributed by atoms with van der Waals surface area (Å²) in [6, 6.07) is 0.255. The Kier molecular flexibility index (Phi) is 5.86. The van der Waals surface area contributed by atoms with E-state index < -0.39 is 18.6 Å². The summed E-state index contributed by atoms with van der Waals surface area (Å²) in [6.45, 7) is 4.70. The van der Waals surface area contributed by atoms with Gasteiger partial charge in [0, 0.05) is 12.6 Å². The van der Waals surface area contributed by atoms with Crippen LogP contribution in [0.25, 0.3) is 0 Å². The number of halogens is 3. The molecule has 0 N–H and O–H groups in total. The first kappa shape index (κ1) is 17.3. The van der Waals surface area contributed by atoms with E-state index in [0.29, 0.717) is 5.92 Å². The van der Waals surface area contributed by atoms with Crippen LogP contribution in [0.15, 0.2) is 0 Å². The Hall–Kier alpha value is -0.780. The van der Waals surface area contributed by atoms with Gasteiger partial charge in [-0.25, -0.2) is 0 Å². The van der Waals surface area contributed by atoms with Crippen LogP contribution < -0.4 is 0 Å². The van der Waals surface area contributed by atoms with Crippen molar-refractivity contribution in [1.29, 1.82) is 0 Å². The van der Waals surface area contributed by atoms with Crippen LogP contribution in [0, 0.1) is 11.8 Å². The van der Waals surface area contributed by atoms with Crippen LogP contribution in [0.3, 0.4) is 0 Å². The first-order valence-electron chi connectivity index (χ1n) is 7.15. The smallest absolute Gasteiger partial charge is 0.332 e. The molecule has 1 unspecified atom stereocenters. The lowest BCUT2D eigenvalue weighted by atomic mass is 10.2. The van der Waals surface area contributed by atoms with Gasteiger partial charge >= 0.3 is 6.18 Å². The van der Waals surface area contributed by atoms with Crippen molar-refractivity contribution < 1.29 is 18.0 Å². The molecule has 1 amide bonds. The number of hydrogen-bond acceptors (Lipinski definition) is 2. The van der Waals surface area contributed by atoms with Crippen molar-refractivity contribution in [3.05, 3.63) is 0 Å². The van der Waals surface area contributed by atoms with Crippen LogP contribution in [0.4, 0.5) is 13.2 Å². The third-order valence-electron chi connectivity index (χ3n) is 3.69. The fourth-order valence-electron chi connectivity index (χ4n) is 2.31. The maximum Gasteiger partial charge on any atom is 0.406 e. The third kappa shape index (κ3) is 6.11. The summed E-state index contributed by atoms with van der Waals surface area (Å²) >= 11 is 0. The van der Waals surface area contributed by atoms with Crippen LogP contribution in [-0.4, -0.2) is 54.6 Å². The fraction of sp³-hybridized carbons (Fsp3) is 0.929. The minimum absolute atomic E-state index is 0.0208. The standard InChI is InChI=1S/C14H25F3N2O/c1-10(2)7-19(9-14(15,16)17)13(20)8-18(4)11(3)12-5-6-12/h10-12H,5-9H2,1-4H3. The van der Waals surface area contributed by atoms with E-state index in [-0.39, 0.29) is 25.0 Å². The molecular formula is C14H25F3N2O. The molecule has 0 bridgehead atoms. The largest absolute Gasteiger partial charge is 0.406 e. The molecule has 0 spiro atoms. The van der Waals surface area contributed by atoms with E-state index in [4.69, 9.17) is 0 Å². The van der Waals surface area contributed by atoms with Crippen LogP contribution in [-0.2, 0) is 4.79 Å². The van der Waals surface area contributed by atoms with Gasteiger partial charge in [-0.2, -0.15) is 13.2 Å². The highest BCUT2D eigenvalue weighted by Gasteiger charge is 2.35.